The van der Waals surface area contributed by atoms with Crippen LogP contribution in [-0.2, 0) is 4.74 Å². The fourth-order valence-corrected chi connectivity index (χ4v) is 3.36. The summed E-state index contributed by atoms with van der Waals surface area (Å²) in [4.78, 5) is 25.7. The van der Waals surface area contributed by atoms with Gasteiger partial charge in [0, 0.05) is 58.3 Å². The molecule has 1 saturated heterocycles. The van der Waals surface area contributed by atoms with E-state index in [1.54, 1.807) is 19.4 Å². The van der Waals surface area contributed by atoms with E-state index in [-0.39, 0.29) is 5.91 Å². The van der Waals surface area contributed by atoms with Gasteiger partial charge in [-0.2, -0.15) is 0 Å². The minimum Gasteiger partial charge on any atom is -0.385 e. The highest BCUT2D eigenvalue weighted by molar-refractivity contribution is 5.92. The van der Waals surface area contributed by atoms with Crippen LogP contribution in [0.4, 0.5) is 11.6 Å². The third kappa shape index (κ3) is 4.78. The monoisotopic (exact) mass is 383 g/mol. The van der Waals surface area contributed by atoms with Crippen LogP contribution in [0.3, 0.4) is 0 Å². The maximum absolute atomic E-state index is 12.3. The van der Waals surface area contributed by atoms with Crippen molar-refractivity contribution in [3.63, 3.8) is 0 Å². The fraction of sp³-hybridized carbons (Fsp3) is 0.476. The first-order valence-electron chi connectivity index (χ1n) is 9.76. The number of nitrogens with zero attached hydrogens (tertiary/aromatic N) is 4. The van der Waals surface area contributed by atoms with E-state index in [2.05, 4.69) is 57.1 Å². The molecule has 1 aliphatic heterocycles. The number of aryl methyl sites for hydroxylation is 1. The normalized spacial score (nSPS) is 14.2. The van der Waals surface area contributed by atoms with Crippen LogP contribution in [0, 0.1) is 13.8 Å². The molecule has 1 aromatic carbocycles. The molecule has 0 aliphatic carbocycles. The molecule has 2 aromatic rings. The van der Waals surface area contributed by atoms with E-state index in [0.717, 1.165) is 32.6 Å². The summed E-state index contributed by atoms with van der Waals surface area (Å²) in [5, 5.41) is 2.87. The lowest BCUT2D eigenvalue weighted by Gasteiger charge is -2.37. The molecular formula is C21H29N5O2. The number of nitrogens with one attached hydrogen (secondary N) is 1. The number of aromatic nitrogens is 2. The summed E-state index contributed by atoms with van der Waals surface area (Å²) in [7, 11) is 1.65. The van der Waals surface area contributed by atoms with Crippen molar-refractivity contribution in [1.29, 1.82) is 0 Å². The number of piperazine rings is 1. The molecule has 1 amide bonds. The zero-order valence-electron chi connectivity index (χ0n) is 16.9. The second-order valence-electron chi connectivity index (χ2n) is 7.04. The first kappa shape index (κ1) is 20.1. The van der Waals surface area contributed by atoms with E-state index in [9.17, 15) is 4.79 Å². The molecule has 150 valence electrons. The number of carbonyl (C=O) groups excluding carboxylic acids is 1. The molecule has 0 atom stereocenters. The summed E-state index contributed by atoms with van der Waals surface area (Å²) in [5.41, 5.74) is 4.34. The Labute approximate surface area is 166 Å². The van der Waals surface area contributed by atoms with Crippen molar-refractivity contribution in [3.8, 4) is 0 Å². The Morgan fingerprint density at radius 1 is 1.14 bits per heavy atom. The fourth-order valence-electron chi connectivity index (χ4n) is 3.36. The quantitative estimate of drug-likeness (QED) is 0.739. The maximum atomic E-state index is 12.3. The van der Waals surface area contributed by atoms with Crippen molar-refractivity contribution in [2.24, 2.45) is 0 Å². The zero-order valence-corrected chi connectivity index (χ0v) is 16.9. The van der Waals surface area contributed by atoms with E-state index in [4.69, 9.17) is 4.74 Å². The molecular weight excluding hydrogens is 354 g/mol. The summed E-state index contributed by atoms with van der Waals surface area (Å²) >= 11 is 0. The van der Waals surface area contributed by atoms with Gasteiger partial charge < -0.3 is 19.9 Å². The molecule has 0 spiro atoms. The van der Waals surface area contributed by atoms with E-state index >= 15 is 0 Å². The average molecular weight is 383 g/mol. The Hall–Kier alpha value is -2.67. The molecule has 3 rings (SSSR count). The van der Waals surface area contributed by atoms with Crippen molar-refractivity contribution in [1.82, 2.24) is 15.3 Å². The summed E-state index contributed by atoms with van der Waals surface area (Å²) in [6, 6.07) is 8.10. The number of amides is 1. The number of anilines is 2. The lowest BCUT2D eigenvalue weighted by Crippen LogP contribution is -2.47. The van der Waals surface area contributed by atoms with E-state index in [1.165, 1.54) is 16.8 Å². The molecule has 1 fully saturated rings. The van der Waals surface area contributed by atoms with Crippen molar-refractivity contribution in [2.75, 3.05) is 56.2 Å². The first-order chi connectivity index (χ1) is 13.6. The molecule has 1 aliphatic rings. The highest BCUT2D eigenvalue weighted by Crippen LogP contribution is 2.24. The van der Waals surface area contributed by atoms with Gasteiger partial charge in [0.2, 0.25) is 5.95 Å². The second kappa shape index (κ2) is 9.50. The molecule has 7 heteroatoms. The number of ether oxygens (including phenoxy) is 1. The van der Waals surface area contributed by atoms with Crippen molar-refractivity contribution in [2.45, 2.75) is 20.3 Å². The third-order valence-electron chi connectivity index (χ3n) is 5.17. The average Bonchev–Trinajstić information content (AvgIpc) is 2.73. The lowest BCUT2D eigenvalue weighted by atomic mass is 10.1. The van der Waals surface area contributed by atoms with Crippen LogP contribution in [0.15, 0.2) is 30.5 Å². The van der Waals surface area contributed by atoms with Crippen LogP contribution in [-0.4, -0.2) is 62.3 Å². The third-order valence-corrected chi connectivity index (χ3v) is 5.17. The SMILES string of the molecule is COCCCNC(=O)c1ccnc(N2CCN(c3cccc(C)c3C)CC2)n1. The molecule has 1 aromatic heterocycles. The van der Waals surface area contributed by atoms with E-state index in [0.29, 0.717) is 24.8 Å². The number of benzene rings is 1. The van der Waals surface area contributed by atoms with Gasteiger partial charge in [0.25, 0.3) is 5.91 Å². The molecule has 0 unspecified atom stereocenters. The van der Waals surface area contributed by atoms with Gasteiger partial charge in [0.1, 0.15) is 5.69 Å². The Morgan fingerprint density at radius 3 is 2.64 bits per heavy atom. The number of rotatable bonds is 7. The van der Waals surface area contributed by atoms with Gasteiger partial charge in [-0.1, -0.05) is 12.1 Å². The van der Waals surface area contributed by atoms with Crippen LogP contribution < -0.4 is 15.1 Å². The van der Waals surface area contributed by atoms with Gasteiger partial charge in [0.05, 0.1) is 0 Å². The minimum absolute atomic E-state index is 0.172. The molecule has 28 heavy (non-hydrogen) atoms. The topological polar surface area (TPSA) is 70.6 Å². The molecule has 7 nitrogen and oxygen atoms in total. The minimum atomic E-state index is -0.172. The number of methoxy groups -OCH3 is 1. The first-order valence-corrected chi connectivity index (χ1v) is 9.76. The Morgan fingerprint density at radius 2 is 1.89 bits per heavy atom. The summed E-state index contributed by atoms with van der Waals surface area (Å²) in [6.45, 7) is 8.98. The van der Waals surface area contributed by atoms with Crippen molar-refractivity contribution < 1.29 is 9.53 Å². The molecule has 0 saturated carbocycles. The molecule has 0 bridgehead atoms. The van der Waals surface area contributed by atoms with Crippen LogP contribution in [0.5, 0.6) is 0 Å². The Kier molecular flexibility index (Phi) is 6.81. The standard InChI is InChI=1S/C21H29N5O2/c1-16-6-4-7-19(17(16)2)25-11-13-26(14-12-25)21-23-10-8-18(24-21)20(27)22-9-5-15-28-3/h4,6-8,10H,5,9,11-15H2,1-3H3,(H,22,27). The summed E-state index contributed by atoms with van der Waals surface area (Å²) in [5.74, 6) is 0.443. The van der Waals surface area contributed by atoms with Gasteiger partial charge in [-0.15, -0.1) is 0 Å². The Bertz CT molecular complexity index is 803. The van der Waals surface area contributed by atoms with Crippen LogP contribution in [0.1, 0.15) is 28.0 Å². The highest BCUT2D eigenvalue weighted by atomic mass is 16.5. The largest absolute Gasteiger partial charge is 0.385 e. The second-order valence-corrected chi connectivity index (χ2v) is 7.04. The number of carbonyl (C=O) groups is 1. The van der Waals surface area contributed by atoms with E-state index < -0.39 is 0 Å². The van der Waals surface area contributed by atoms with Crippen LogP contribution in [0.25, 0.3) is 0 Å². The van der Waals surface area contributed by atoms with E-state index in [1.807, 2.05) is 0 Å². The van der Waals surface area contributed by atoms with Gasteiger partial charge in [-0.3, -0.25) is 4.79 Å². The summed E-state index contributed by atoms with van der Waals surface area (Å²) in [6.07, 6.45) is 2.43. The molecule has 2 heterocycles. The van der Waals surface area contributed by atoms with Crippen molar-refractivity contribution >= 4 is 17.5 Å². The smallest absolute Gasteiger partial charge is 0.270 e. The number of hydrogen-bond donors (Lipinski definition) is 1. The highest BCUT2D eigenvalue weighted by Gasteiger charge is 2.21. The van der Waals surface area contributed by atoms with Crippen LogP contribution >= 0.6 is 0 Å². The summed E-state index contributed by atoms with van der Waals surface area (Å²) < 4.78 is 4.99. The molecule has 0 radical (unpaired) electrons. The van der Waals surface area contributed by atoms with Gasteiger partial charge in [-0.25, -0.2) is 9.97 Å². The van der Waals surface area contributed by atoms with Crippen molar-refractivity contribution in [3.05, 3.63) is 47.3 Å². The van der Waals surface area contributed by atoms with Gasteiger partial charge in [-0.05, 0) is 43.5 Å². The zero-order chi connectivity index (χ0) is 19.9. The van der Waals surface area contributed by atoms with Gasteiger partial charge in [0.15, 0.2) is 0 Å². The maximum Gasteiger partial charge on any atom is 0.270 e. The predicted molar refractivity (Wildman–Crippen MR) is 111 cm³/mol. The Balaban J connectivity index is 1.60. The lowest BCUT2D eigenvalue weighted by molar-refractivity contribution is 0.0943. The molecule has 1 N–H and O–H groups in total. The predicted octanol–water partition coefficient (Wildman–Crippen LogP) is 2.19. The van der Waals surface area contributed by atoms with Crippen LogP contribution in [0.2, 0.25) is 0 Å². The number of hydrogen-bond acceptors (Lipinski definition) is 6. The van der Waals surface area contributed by atoms with Gasteiger partial charge >= 0.3 is 0 Å².